The van der Waals surface area contributed by atoms with Crippen LogP contribution in [0.4, 0.5) is 17.6 Å². The van der Waals surface area contributed by atoms with Crippen molar-refractivity contribution in [3.05, 3.63) is 63.6 Å². The summed E-state index contributed by atoms with van der Waals surface area (Å²) in [6.45, 7) is -6.40. The maximum Gasteiger partial charge on any atom is 0.387 e. The van der Waals surface area contributed by atoms with Gasteiger partial charge in [-0.1, -0.05) is 35.3 Å². The molecule has 0 heterocycles. The van der Waals surface area contributed by atoms with Gasteiger partial charge in [0.15, 0.2) is 5.78 Å². The normalized spacial score (nSPS) is 11.4. The van der Waals surface area contributed by atoms with Gasteiger partial charge < -0.3 is 9.47 Å². The highest BCUT2D eigenvalue weighted by molar-refractivity contribution is 6.42. The molecule has 2 aromatic carbocycles. The minimum atomic E-state index is -3.25. The van der Waals surface area contributed by atoms with Gasteiger partial charge in [0.25, 0.3) is 0 Å². The van der Waals surface area contributed by atoms with Gasteiger partial charge in [0.05, 0.1) is 15.6 Å². The summed E-state index contributed by atoms with van der Waals surface area (Å²) < 4.78 is 57.8. The second-order valence-corrected chi connectivity index (χ2v) is 5.60. The number of allylic oxidation sites excluding steroid dienone is 1. The Hall–Kier alpha value is -2.25. The number of ketones is 1. The molecule has 0 fully saturated rings. The summed E-state index contributed by atoms with van der Waals surface area (Å²) >= 11 is 11.6. The number of hydrogen-bond acceptors (Lipinski definition) is 3. The minimum absolute atomic E-state index is 0.247. The first-order valence-electron chi connectivity index (χ1n) is 6.97. The van der Waals surface area contributed by atoms with Crippen LogP contribution >= 0.6 is 23.2 Å². The average Bonchev–Trinajstić information content (AvgIpc) is 2.55. The van der Waals surface area contributed by atoms with Crippen LogP contribution in [0, 0.1) is 0 Å². The molecule has 2 aromatic rings. The van der Waals surface area contributed by atoms with Crippen molar-refractivity contribution < 1.29 is 31.8 Å². The highest BCUT2D eigenvalue weighted by Gasteiger charge is 2.17. The average molecular weight is 409 g/mol. The van der Waals surface area contributed by atoms with Crippen molar-refractivity contribution in [1.29, 1.82) is 0 Å². The Labute approximate surface area is 155 Å². The summed E-state index contributed by atoms with van der Waals surface area (Å²) in [5.74, 6) is -1.68. The maximum absolute atomic E-state index is 12.5. The van der Waals surface area contributed by atoms with Gasteiger partial charge in [0, 0.05) is 6.07 Å². The second-order valence-electron chi connectivity index (χ2n) is 4.79. The fourth-order valence-corrected chi connectivity index (χ4v) is 2.26. The third-order valence-corrected chi connectivity index (χ3v) is 3.77. The van der Waals surface area contributed by atoms with Gasteiger partial charge in [-0.05, 0) is 35.9 Å². The smallest absolute Gasteiger partial charge is 0.387 e. The maximum atomic E-state index is 12.5. The number of carbonyl (C=O) groups is 1. The van der Waals surface area contributed by atoms with E-state index < -0.39 is 30.5 Å². The fourth-order valence-electron chi connectivity index (χ4n) is 1.95. The number of benzene rings is 2. The van der Waals surface area contributed by atoms with Crippen LogP contribution in [0.25, 0.3) is 6.08 Å². The summed E-state index contributed by atoms with van der Waals surface area (Å²) in [6.07, 6.45) is 2.49. The van der Waals surface area contributed by atoms with Gasteiger partial charge in [-0.3, -0.25) is 4.79 Å². The number of halogens is 6. The van der Waals surface area contributed by atoms with E-state index in [-0.39, 0.29) is 10.6 Å². The predicted molar refractivity (Wildman–Crippen MR) is 89.5 cm³/mol. The Bertz CT molecular complexity index is 826. The van der Waals surface area contributed by atoms with E-state index in [4.69, 9.17) is 23.2 Å². The standard InChI is InChI=1S/C17H10Cl2F4O3/c18-12-5-1-9(7-13(12)19)2-6-14(24)11-4-3-10(25-16(20)21)8-15(11)26-17(22)23/h1-8,16-17H. The van der Waals surface area contributed by atoms with Crippen LogP contribution in [0.3, 0.4) is 0 Å². The Kier molecular flexibility index (Phi) is 6.88. The number of ether oxygens (including phenoxy) is 2. The second kappa shape index (κ2) is 8.91. The van der Waals surface area contributed by atoms with E-state index in [0.29, 0.717) is 10.6 Å². The summed E-state index contributed by atoms with van der Waals surface area (Å²) in [6, 6.07) is 7.51. The number of alkyl halides is 4. The van der Waals surface area contributed by atoms with Gasteiger partial charge >= 0.3 is 13.2 Å². The first kappa shape index (κ1) is 20.1. The van der Waals surface area contributed by atoms with Crippen molar-refractivity contribution in [3.8, 4) is 11.5 Å². The molecule has 0 saturated carbocycles. The van der Waals surface area contributed by atoms with Gasteiger partial charge in [-0.25, -0.2) is 0 Å². The molecule has 0 unspecified atom stereocenters. The Morgan fingerprint density at radius 1 is 0.923 bits per heavy atom. The molecule has 0 bridgehead atoms. The lowest BCUT2D eigenvalue weighted by molar-refractivity contribution is -0.0544. The summed E-state index contributed by atoms with van der Waals surface area (Å²) in [7, 11) is 0. The van der Waals surface area contributed by atoms with Crippen LogP contribution in [-0.4, -0.2) is 19.0 Å². The Morgan fingerprint density at radius 2 is 1.62 bits per heavy atom. The van der Waals surface area contributed by atoms with Crippen LogP contribution in [0.2, 0.25) is 10.0 Å². The summed E-state index contributed by atoms with van der Waals surface area (Å²) in [4.78, 5) is 12.2. The summed E-state index contributed by atoms with van der Waals surface area (Å²) in [5, 5.41) is 0.605. The molecule has 0 amide bonds. The van der Waals surface area contributed by atoms with Crippen molar-refractivity contribution in [1.82, 2.24) is 0 Å². The third-order valence-electron chi connectivity index (χ3n) is 3.03. The van der Waals surface area contributed by atoms with Crippen LogP contribution in [0.1, 0.15) is 15.9 Å². The molecule has 0 aliphatic carbocycles. The molecule has 0 aromatic heterocycles. The summed E-state index contributed by atoms with van der Waals surface area (Å²) in [5.41, 5.74) is 0.296. The molecule has 0 aliphatic rings. The molecule has 0 spiro atoms. The first-order chi connectivity index (χ1) is 12.3. The molecule has 0 aliphatic heterocycles. The number of carbonyl (C=O) groups excluding carboxylic acids is 1. The predicted octanol–water partition coefficient (Wildman–Crippen LogP) is 6.09. The quantitative estimate of drug-likeness (QED) is 0.315. The zero-order chi connectivity index (χ0) is 19.3. The van der Waals surface area contributed by atoms with Crippen molar-refractivity contribution in [2.24, 2.45) is 0 Å². The van der Waals surface area contributed by atoms with Crippen molar-refractivity contribution in [2.45, 2.75) is 13.2 Å². The van der Waals surface area contributed by atoms with Crippen LogP contribution in [0.15, 0.2) is 42.5 Å². The molecule has 0 atom stereocenters. The largest absolute Gasteiger partial charge is 0.435 e. The molecule has 0 N–H and O–H groups in total. The van der Waals surface area contributed by atoms with E-state index in [1.54, 1.807) is 6.07 Å². The van der Waals surface area contributed by atoms with Crippen LogP contribution < -0.4 is 9.47 Å². The Balaban J connectivity index is 2.28. The van der Waals surface area contributed by atoms with Crippen LogP contribution in [-0.2, 0) is 0 Å². The molecule has 2 rings (SSSR count). The number of hydrogen-bond donors (Lipinski definition) is 0. The van der Waals surface area contributed by atoms with Crippen molar-refractivity contribution in [3.63, 3.8) is 0 Å². The molecule has 3 nitrogen and oxygen atoms in total. The molecule has 9 heteroatoms. The van der Waals surface area contributed by atoms with Gasteiger partial charge in [-0.2, -0.15) is 17.6 Å². The van der Waals surface area contributed by atoms with Gasteiger partial charge in [0.2, 0.25) is 0 Å². The van der Waals surface area contributed by atoms with E-state index in [2.05, 4.69) is 9.47 Å². The highest BCUT2D eigenvalue weighted by atomic mass is 35.5. The zero-order valence-electron chi connectivity index (χ0n) is 12.8. The van der Waals surface area contributed by atoms with E-state index in [0.717, 1.165) is 24.3 Å². The van der Waals surface area contributed by atoms with Crippen molar-refractivity contribution in [2.75, 3.05) is 0 Å². The molecule has 138 valence electrons. The lowest BCUT2D eigenvalue weighted by Crippen LogP contribution is -2.08. The molecule has 0 radical (unpaired) electrons. The lowest BCUT2D eigenvalue weighted by Gasteiger charge is -2.11. The first-order valence-corrected chi connectivity index (χ1v) is 7.73. The molecule has 0 saturated heterocycles. The van der Waals surface area contributed by atoms with Gasteiger partial charge in [-0.15, -0.1) is 0 Å². The minimum Gasteiger partial charge on any atom is -0.435 e. The zero-order valence-corrected chi connectivity index (χ0v) is 14.3. The Morgan fingerprint density at radius 3 is 2.23 bits per heavy atom. The highest BCUT2D eigenvalue weighted by Crippen LogP contribution is 2.29. The lowest BCUT2D eigenvalue weighted by atomic mass is 10.1. The van der Waals surface area contributed by atoms with E-state index in [1.165, 1.54) is 18.2 Å². The van der Waals surface area contributed by atoms with E-state index >= 15 is 0 Å². The monoisotopic (exact) mass is 408 g/mol. The van der Waals surface area contributed by atoms with Crippen LogP contribution in [0.5, 0.6) is 11.5 Å². The number of rotatable bonds is 7. The van der Waals surface area contributed by atoms with E-state index in [1.807, 2.05) is 0 Å². The SMILES string of the molecule is O=C(C=Cc1ccc(Cl)c(Cl)c1)c1ccc(OC(F)F)cc1OC(F)F. The molecular formula is C17H10Cl2F4O3. The molecule has 26 heavy (non-hydrogen) atoms. The van der Waals surface area contributed by atoms with Crippen molar-refractivity contribution >= 4 is 35.1 Å². The van der Waals surface area contributed by atoms with E-state index in [9.17, 15) is 22.4 Å². The third kappa shape index (κ3) is 5.64. The molecular weight excluding hydrogens is 399 g/mol. The fraction of sp³-hybridized carbons (Fsp3) is 0.118. The topological polar surface area (TPSA) is 35.5 Å². The van der Waals surface area contributed by atoms with Gasteiger partial charge in [0.1, 0.15) is 11.5 Å².